The first kappa shape index (κ1) is 15.0. The smallest absolute Gasteiger partial charge is 0.0962 e. The molecule has 1 aromatic heterocycles. The average molecular weight is 280 g/mol. The SMILES string of the molecule is CCCc1nc(C2CCCCCCC2)sc1CNC. The number of thiazole rings is 1. The molecule has 0 bridgehead atoms. The Labute approximate surface area is 122 Å². The lowest BCUT2D eigenvalue weighted by atomic mass is 9.92. The standard InChI is InChI=1S/C16H28N2S/c1-3-9-14-15(12-17-2)19-16(18-14)13-10-7-5-4-6-8-11-13/h13,17H,3-12H2,1-2H3. The van der Waals surface area contributed by atoms with Crippen LogP contribution in [-0.2, 0) is 13.0 Å². The van der Waals surface area contributed by atoms with E-state index in [2.05, 4.69) is 12.2 Å². The predicted molar refractivity (Wildman–Crippen MR) is 83.9 cm³/mol. The van der Waals surface area contributed by atoms with E-state index in [4.69, 9.17) is 4.98 Å². The zero-order chi connectivity index (χ0) is 13.5. The summed E-state index contributed by atoms with van der Waals surface area (Å²) in [6.45, 7) is 3.23. The van der Waals surface area contributed by atoms with Crippen LogP contribution in [0.5, 0.6) is 0 Å². The molecular weight excluding hydrogens is 252 g/mol. The Balaban J connectivity index is 2.10. The lowest BCUT2D eigenvalue weighted by Crippen LogP contribution is -2.05. The first-order chi connectivity index (χ1) is 9.35. The molecule has 1 saturated carbocycles. The minimum atomic E-state index is 0.742. The van der Waals surface area contributed by atoms with E-state index < -0.39 is 0 Å². The Hall–Kier alpha value is -0.410. The fourth-order valence-corrected chi connectivity index (χ4v) is 4.30. The maximum absolute atomic E-state index is 4.99. The van der Waals surface area contributed by atoms with Crippen molar-refractivity contribution in [2.45, 2.75) is 77.2 Å². The van der Waals surface area contributed by atoms with Crippen LogP contribution in [0.2, 0.25) is 0 Å². The van der Waals surface area contributed by atoms with Crippen LogP contribution in [0.15, 0.2) is 0 Å². The summed E-state index contributed by atoms with van der Waals surface area (Å²) in [7, 11) is 2.03. The second-order valence-electron chi connectivity index (χ2n) is 5.74. The van der Waals surface area contributed by atoms with Crippen molar-refractivity contribution in [3.8, 4) is 0 Å². The van der Waals surface area contributed by atoms with Gasteiger partial charge in [-0.25, -0.2) is 4.98 Å². The zero-order valence-electron chi connectivity index (χ0n) is 12.5. The Morgan fingerprint density at radius 1 is 1.16 bits per heavy atom. The monoisotopic (exact) mass is 280 g/mol. The van der Waals surface area contributed by atoms with Gasteiger partial charge in [0.15, 0.2) is 0 Å². The molecule has 0 radical (unpaired) electrons. The molecule has 1 aliphatic rings. The fourth-order valence-electron chi connectivity index (χ4n) is 3.01. The molecule has 3 heteroatoms. The van der Waals surface area contributed by atoms with Crippen LogP contribution in [0, 0.1) is 0 Å². The largest absolute Gasteiger partial charge is 0.315 e. The number of rotatable bonds is 5. The summed E-state index contributed by atoms with van der Waals surface area (Å²) in [6.07, 6.45) is 12.1. The molecule has 108 valence electrons. The van der Waals surface area contributed by atoms with Gasteiger partial charge in [0.2, 0.25) is 0 Å². The highest BCUT2D eigenvalue weighted by atomic mass is 32.1. The Kier molecular flexibility index (Phi) is 6.32. The zero-order valence-corrected chi connectivity index (χ0v) is 13.3. The van der Waals surface area contributed by atoms with Crippen LogP contribution < -0.4 is 5.32 Å². The average Bonchev–Trinajstić information content (AvgIpc) is 2.73. The van der Waals surface area contributed by atoms with Crippen molar-refractivity contribution in [2.24, 2.45) is 0 Å². The number of hydrogen-bond acceptors (Lipinski definition) is 3. The third kappa shape index (κ3) is 4.28. The molecule has 0 amide bonds. The van der Waals surface area contributed by atoms with Crippen molar-refractivity contribution in [1.29, 1.82) is 0 Å². The van der Waals surface area contributed by atoms with Gasteiger partial charge in [0, 0.05) is 17.3 Å². The molecule has 2 nitrogen and oxygen atoms in total. The van der Waals surface area contributed by atoms with Crippen molar-refractivity contribution in [3.63, 3.8) is 0 Å². The van der Waals surface area contributed by atoms with Crippen LogP contribution in [0.3, 0.4) is 0 Å². The van der Waals surface area contributed by atoms with Gasteiger partial charge in [-0.1, -0.05) is 45.4 Å². The molecular formula is C16H28N2S. The Morgan fingerprint density at radius 3 is 2.47 bits per heavy atom. The molecule has 0 spiro atoms. The van der Waals surface area contributed by atoms with E-state index in [0.29, 0.717) is 0 Å². The third-order valence-electron chi connectivity index (χ3n) is 4.07. The van der Waals surface area contributed by atoms with Crippen LogP contribution >= 0.6 is 11.3 Å². The molecule has 1 aromatic rings. The topological polar surface area (TPSA) is 24.9 Å². The van der Waals surface area contributed by atoms with E-state index in [1.165, 1.54) is 66.9 Å². The minimum absolute atomic E-state index is 0.742. The number of nitrogens with zero attached hydrogens (tertiary/aromatic N) is 1. The van der Waals surface area contributed by atoms with Gasteiger partial charge in [-0.05, 0) is 26.3 Å². The summed E-state index contributed by atoms with van der Waals surface area (Å²) in [6, 6.07) is 0. The van der Waals surface area contributed by atoms with Crippen molar-refractivity contribution in [1.82, 2.24) is 10.3 Å². The molecule has 0 saturated heterocycles. The molecule has 19 heavy (non-hydrogen) atoms. The highest BCUT2D eigenvalue weighted by Crippen LogP contribution is 2.34. The predicted octanol–water partition coefficient (Wildman–Crippen LogP) is 4.64. The number of hydrogen-bond donors (Lipinski definition) is 1. The molecule has 0 atom stereocenters. The summed E-state index contributed by atoms with van der Waals surface area (Å²) in [5.74, 6) is 0.742. The molecule has 2 rings (SSSR count). The van der Waals surface area contributed by atoms with Crippen LogP contribution in [-0.4, -0.2) is 12.0 Å². The van der Waals surface area contributed by atoms with E-state index in [9.17, 15) is 0 Å². The van der Waals surface area contributed by atoms with E-state index in [1.807, 2.05) is 18.4 Å². The van der Waals surface area contributed by atoms with Gasteiger partial charge in [0.25, 0.3) is 0 Å². The second kappa shape index (κ2) is 8.01. The Bertz CT molecular complexity index is 341. The van der Waals surface area contributed by atoms with Gasteiger partial charge >= 0.3 is 0 Å². The second-order valence-corrected chi connectivity index (χ2v) is 6.86. The normalized spacial score (nSPS) is 18.2. The number of aryl methyl sites for hydroxylation is 1. The van der Waals surface area contributed by atoms with Crippen LogP contribution in [0.1, 0.15) is 79.8 Å². The molecule has 0 aliphatic heterocycles. The molecule has 1 heterocycles. The van der Waals surface area contributed by atoms with E-state index in [-0.39, 0.29) is 0 Å². The van der Waals surface area contributed by atoms with Gasteiger partial charge < -0.3 is 5.32 Å². The van der Waals surface area contributed by atoms with Crippen molar-refractivity contribution >= 4 is 11.3 Å². The maximum atomic E-state index is 4.99. The lowest BCUT2D eigenvalue weighted by molar-refractivity contribution is 0.454. The fraction of sp³-hybridized carbons (Fsp3) is 0.812. The van der Waals surface area contributed by atoms with Crippen molar-refractivity contribution < 1.29 is 0 Å². The highest BCUT2D eigenvalue weighted by molar-refractivity contribution is 7.11. The van der Waals surface area contributed by atoms with Gasteiger partial charge in [-0.2, -0.15) is 0 Å². The van der Waals surface area contributed by atoms with E-state index in [0.717, 1.165) is 18.9 Å². The summed E-state index contributed by atoms with van der Waals surface area (Å²) >= 11 is 1.97. The quantitative estimate of drug-likeness (QED) is 0.849. The minimum Gasteiger partial charge on any atom is -0.315 e. The summed E-state index contributed by atoms with van der Waals surface area (Å²) in [5.41, 5.74) is 1.36. The molecule has 1 N–H and O–H groups in total. The first-order valence-electron chi connectivity index (χ1n) is 7.98. The molecule has 1 aliphatic carbocycles. The first-order valence-corrected chi connectivity index (χ1v) is 8.79. The maximum Gasteiger partial charge on any atom is 0.0962 e. The number of aromatic nitrogens is 1. The molecule has 1 fully saturated rings. The van der Waals surface area contributed by atoms with Crippen molar-refractivity contribution in [3.05, 3.63) is 15.6 Å². The van der Waals surface area contributed by atoms with E-state index in [1.54, 1.807) is 0 Å². The Morgan fingerprint density at radius 2 is 1.84 bits per heavy atom. The van der Waals surface area contributed by atoms with Gasteiger partial charge in [-0.15, -0.1) is 11.3 Å². The summed E-state index contributed by atoms with van der Waals surface area (Å²) in [4.78, 5) is 6.47. The summed E-state index contributed by atoms with van der Waals surface area (Å²) < 4.78 is 0. The lowest BCUT2D eigenvalue weighted by Gasteiger charge is -2.17. The summed E-state index contributed by atoms with van der Waals surface area (Å²) in [5, 5.41) is 4.72. The van der Waals surface area contributed by atoms with Gasteiger partial charge in [-0.3, -0.25) is 0 Å². The highest BCUT2D eigenvalue weighted by Gasteiger charge is 2.19. The van der Waals surface area contributed by atoms with E-state index >= 15 is 0 Å². The van der Waals surface area contributed by atoms with Gasteiger partial charge in [0.05, 0.1) is 10.7 Å². The number of nitrogens with one attached hydrogen (secondary N) is 1. The molecule has 0 unspecified atom stereocenters. The molecule has 0 aromatic carbocycles. The van der Waals surface area contributed by atoms with Gasteiger partial charge in [0.1, 0.15) is 0 Å². The third-order valence-corrected chi connectivity index (χ3v) is 5.33. The van der Waals surface area contributed by atoms with Crippen LogP contribution in [0.4, 0.5) is 0 Å². The van der Waals surface area contributed by atoms with Crippen molar-refractivity contribution in [2.75, 3.05) is 7.05 Å². The van der Waals surface area contributed by atoms with Crippen LogP contribution in [0.25, 0.3) is 0 Å².